The normalized spacial score (nSPS) is 20.0. The van der Waals surface area contributed by atoms with Crippen molar-refractivity contribution < 1.29 is 17.9 Å². The first-order valence-corrected chi connectivity index (χ1v) is 13.7. The van der Waals surface area contributed by atoms with Crippen molar-refractivity contribution in [2.45, 2.75) is 36.3 Å². The molecule has 2 fully saturated rings. The molecule has 0 spiro atoms. The molecule has 0 bridgehead atoms. The molecule has 7 nitrogen and oxygen atoms in total. The maximum atomic E-state index is 13.2. The number of nitrogens with zero attached hydrogens (tertiary/aromatic N) is 1. The van der Waals surface area contributed by atoms with Gasteiger partial charge in [-0.2, -0.15) is 4.31 Å². The lowest BCUT2D eigenvalue weighted by molar-refractivity contribution is 0.0939. The molecule has 2 aromatic rings. The molecule has 33 heavy (non-hydrogen) atoms. The minimum Gasteiger partial charge on any atom is -0.489 e. The van der Waals surface area contributed by atoms with Crippen LogP contribution in [-0.2, 0) is 10.0 Å². The van der Waals surface area contributed by atoms with Gasteiger partial charge in [-0.3, -0.25) is 4.79 Å². The standard InChI is InChI=1S/C22H24BrCl2N3O4S/c23-18-12-17(2-4-21(18)32-16-5-8-26-9-6-16)33(30,31)28-10-7-15(13-28)27-22(29)14-1-3-19(24)20(25)11-14/h1-4,11-12,15-16,26H,5-10,13H2,(H,27,29). The van der Waals surface area contributed by atoms with E-state index in [2.05, 4.69) is 26.6 Å². The van der Waals surface area contributed by atoms with Gasteiger partial charge in [0.1, 0.15) is 11.9 Å². The molecule has 178 valence electrons. The zero-order chi connectivity index (χ0) is 23.6. The lowest BCUT2D eigenvalue weighted by atomic mass is 10.1. The average Bonchev–Trinajstić information content (AvgIpc) is 3.27. The summed E-state index contributed by atoms with van der Waals surface area (Å²) in [6.45, 7) is 2.33. The lowest BCUT2D eigenvalue weighted by Crippen LogP contribution is -2.38. The minimum atomic E-state index is -3.71. The Kier molecular flexibility index (Phi) is 7.87. The maximum Gasteiger partial charge on any atom is 0.251 e. The van der Waals surface area contributed by atoms with E-state index in [1.165, 1.54) is 10.4 Å². The summed E-state index contributed by atoms with van der Waals surface area (Å²) in [6, 6.07) is 9.17. The summed E-state index contributed by atoms with van der Waals surface area (Å²) in [7, 11) is -3.71. The van der Waals surface area contributed by atoms with Gasteiger partial charge in [0.05, 0.1) is 19.4 Å². The Bertz CT molecular complexity index is 1140. The van der Waals surface area contributed by atoms with Crippen LogP contribution in [0.1, 0.15) is 29.6 Å². The summed E-state index contributed by atoms with van der Waals surface area (Å²) >= 11 is 15.3. The highest BCUT2D eigenvalue weighted by Crippen LogP contribution is 2.32. The summed E-state index contributed by atoms with van der Waals surface area (Å²) in [4.78, 5) is 12.7. The summed E-state index contributed by atoms with van der Waals surface area (Å²) in [5.41, 5.74) is 0.374. The van der Waals surface area contributed by atoms with E-state index in [4.69, 9.17) is 27.9 Å². The number of hydrogen-bond acceptors (Lipinski definition) is 5. The van der Waals surface area contributed by atoms with E-state index in [0.717, 1.165) is 25.9 Å². The van der Waals surface area contributed by atoms with E-state index in [1.54, 1.807) is 30.3 Å². The molecule has 2 heterocycles. The zero-order valence-corrected chi connectivity index (χ0v) is 21.6. The number of halogens is 3. The first-order chi connectivity index (χ1) is 15.7. The smallest absolute Gasteiger partial charge is 0.251 e. The Morgan fingerprint density at radius 2 is 1.85 bits per heavy atom. The number of ether oxygens (including phenoxy) is 1. The first-order valence-electron chi connectivity index (χ1n) is 10.7. The molecule has 0 radical (unpaired) electrons. The van der Waals surface area contributed by atoms with E-state index in [0.29, 0.717) is 33.8 Å². The van der Waals surface area contributed by atoms with Gasteiger partial charge in [0.25, 0.3) is 5.91 Å². The Balaban J connectivity index is 1.40. The molecular weight excluding hydrogens is 553 g/mol. The Labute approximate surface area is 211 Å². The van der Waals surface area contributed by atoms with Crippen molar-refractivity contribution in [2.75, 3.05) is 26.2 Å². The summed E-state index contributed by atoms with van der Waals surface area (Å²) in [5.74, 6) is 0.314. The summed E-state index contributed by atoms with van der Waals surface area (Å²) in [6.07, 6.45) is 2.46. The summed E-state index contributed by atoms with van der Waals surface area (Å²) in [5, 5.41) is 6.83. The third-order valence-electron chi connectivity index (χ3n) is 5.79. The number of sulfonamides is 1. The molecule has 2 saturated heterocycles. The van der Waals surface area contributed by atoms with Gasteiger partial charge in [-0.15, -0.1) is 0 Å². The predicted molar refractivity (Wildman–Crippen MR) is 132 cm³/mol. The van der Waals surface area contributed by atoms with Gasteiger partial charge >= 0.3 is 0 Å². The highest BCUT2D eigenvalue weighted by Gasteiger charge is 2.34. The van der Waals surface area contributed by atoms with Crippen LogP contribution in [0.15, 0.2) is 45.8 Å². The molecule has 2 aliphatic rings. The van der Waals surface area contributed by atoms with Crippen molar-refractivity contribution in [1.82, 2.24) is 14.9 Å². The monoisotopic (exact) mass is 575 g/mol. The van der Waals surface area contributed by atoms with Crippen molar-refractivity contribution >= 4 is 55.1 Å². The third-order valence-corrected chi connectivity index (χ3v) is 9.01. The third kappa shape index (κ3) is 5.83. The van der Waals surface area contributed by atoms with E-state index in [1.807, 2.05) is 0 Å². The number of piperidine rings is 1. The molecule has 4 rings (SSSR count). The molecule has 0 saturated carbocycles. The molecule has 1 unspecified atom stereocenters. The average molecular weight is 577 g/mol. The van der Waals surface area contributed by atoms with Gasteiger partial charge in [-0.25, -0.2) is 8.42 Å². The minimum absolute atomic E-state index is 0.114. The molecule has 11 heteroatoms. The fourth-order valence-electron chi connectivity index (χ4n) is 3.95. The van der Waals surface area contributed by atoms with Crippen LogP contribution in [0.2, 0.25) is 10.0 Å². The zero-order valence-electron chi connectivity index (χ0n) is 17.7. The molecule has 0 aromatic heterocycles. The van der Waals surface area contributed by atoms with Crippen LogP contribution in [0.25, 0.3) is 0 Å². The molecule has 2 aliphatic heterocycles. The summed E-state index contributed by atoms with van der Waals surface area (Å²) < 4.78 is 34.4. The number of nitrogens with one attached hydrogen (secondary N) is 2. The predicted octanol–water partition coefficient (Wildman–Crippen LogP) is 4.08. The topological polar surface area (TPSA) is 87.7 Å². The van der Waals surface area contributed by atoms with Gasteiger partial charge in [-0.1, -0.05) is 23.2 Å². The number of rotatable bonds is 6. The number of carbonyl (C=O) groups is 1. The second-order valence-corrected chi connectivity index (χ2v) is 11.7. The van der Waals surface area contributed by atoms with Crippen LogP contribution in [0.4, 0.5) is 0 Å². The van der Waals surface area contributed by atoms with Crippen LogP contribution in [-0.4, -0.2) is 57.0 Å². The van der Waals surface area contributed by atoms with Crippen LogP contribution in [0.3, 0.4) is 0 Å². The van der Waals surface area contributed by atoms with Crippen LogP contribution in [0.5, 0.6) is 5.75 Å². The Morgan fingerprint density at radius 3 is 2.55 bits per heavy atom. The molecule has 1 amide bonds. The Hall–Kier alpha value is -1.36. The van der Waals surface area contributed by atoms with Gasteiger partial charge in [0.15, 0.2) is 0 Å². The van der Waals surface area contributed by atoms with Crippen LogP contribution >= 0.6 is 39.1 Å². The second-order valence-electron chi connectivity index (χ2n) is 8.11. The second kappa shape index (κ2) is 10.5. The lowest BCUT2D eigenvalue weighted by Gasteiger charge is -2.24. The molecule has 2 N–H and O–H groups in total. The van der Waals surface area contributed by atoms with Crippen molar-refractivity contribution in [3.8, 4) is 5.75 Å². The quantitative estimate of drug-likeness (QED) is 0.541. The fraction of sp³-hybridized carbons (Fsp3) is 0.409. The molecule has 0 aliphatic carbocycles. The van der Waals surface area contributed by atoms with Crippen LogP contribution < -0.4 is 15.4 Å². The largest absolute Gasteiger partial charge is 0.489 e. The number of carbonyl (C=O) groups excluding carboxylic acids is 1. The number of amides is 1. The molecule has 1 atom stereocenters. The molecule has 2 aromatic carbocycles. The SMILES string of the molecule is O=C(NC1CCN(S(=O)(=O)c2ccc(OC3CCNCC3)c(Br)c2)C1)c1ccc(Cl)c(Cl)c1. The van der Waals surface area contributed by atoms with E-state index < -0.39 is 10.0 Å². The number of benzene rings is 2. The fourth-order valence-corrected chi connectivity index (χ4v) is 6.40. The van der Waals surface area contributed by atoms with Gasteiger partial charge in [0, 0.05) is 24.7 Å². The van der Waals surface area contributed by atoms with Gasteiger partial charge < -0.3 is 15.4 Å². The highest BCUT2D eigenvalue weighted by molar-refractivity contribution is 9.10. The van der Waals surface area contributed by atoms with Crippen molar-refractivity contribution in [2.24, 2.45) is 0 Å². The van der Waals surface area contributed by atoms with E-state index >= 15 is 0 Å². The van der Waals surface area contributed by atoms with Crippen LogP contribution in [0, 0.1) is 0 Å². The first kappa shape index (κ1) is 24.8. The van der Waals surface area contributed by atoms with Gasteiger partial charge in [0.2, 0.25) is 10.0 Å². The Morgan fingerprint density at radius 1 is 1.09 bits per heavy atom. The highest BCUT2D eigenvalue weighted by atomic mass is 79.9. The van der Waals surface area contributed by atoms with Crippen molar-refractivity contribution in [1.29, 1.82) is 0 Å². The maximum absolute atomic E-state index is 13.2. The van der Waals surface area contributed by atoms with Crippen molar-refractivity contribution in [3.05, 3.63) is 56.5 Å². The number of hydrogen-bond donors (Lipinski definition) is 2. The van der Waals surface area contributed by atoms with E-state index in [9.17, 15) is 13.2 Å². The molecular formula is C22H24BrCl2N3O4S. The van der Waals surface area contributed by atoms with Gasteiger partial charge in [-0.05, 0) is 84.7 Å². The van der Waals surface area contributed by atoms with Crippen molar-refractivity contribution in [3.63, 3.8) is 0 Å². The van der Waals surface area contributed by atoms with E-state index in [-0.39, 0.29) is 34.5 Å².